The van der Waals surface area contributed by atoms with Gasteiger partial charge in [-0.25, -0.2) is 0 Å². The Bertz CT molecular complexity index is 507. The second-order valence-corrected chi connectivity index (χ2v) is 7.17. The number of phenolic OH excluding ortho intramolecular Hbond substituents is 1. The molecule has 1 aliphatic heterocycles. The van der Waals surface area contributed by atoms with E-state index in [1.165, 1.54) is 0 Å². The third-order valence-electron chi connectivity index (χ3n) is 4.20. The van der Waals surface area contributed by atoms with Crippen LogP contribution in [0.1, 0.15) is 39.2 Å². The number of rotatable bonds is 4. The minimum atomic E-state index is -0.0558. The van der Waals surface area contributed by atoms with E-state index in [2.05, 4.69) is 26.1 Å². The zero-order chi connectivity index (χ0) is 16.2. The van der Waals surface area contributed by atoms with Crippen molar-refractivity contribution >= 4 is 5.91 Å². The molecular formula is C18H27NO3. The molecule has 2 N–H and O–H groups in total. The standard InChI is InChI=1S/C18H27NO3/c1-18(2,3)17-14(8-6-10-22-17)12-19-16(21)11-13-7-4-5-9-15(13)20/h4-5,7,9,14,17,20H,6,8,10-12H2,1-3H3,(H,19,21)/t14-,17+/m0/s1. The molecule has 0 aliphatic carbocycles. The zero-order valence-electron chi connectivity index (χ0n) is 13.8. The maximum atomic E-state index is 12.1. The summed E-state index contributed by atoms with van der Waals surface area (Å²) < 4.78 is 5.93. The van der Waals surface area contributed by atoms with E-state index in [4.69, 9.17) is 4.74 Å². The Balaban J connectivity index is 1.88. The fourth-order valence-corrected chi connectivity index (χ4v) is 3.15. The van der Waals surface area contributed by atoms with Crippen molar-refractivity contribution in [2.24, 2.45) is 11.3 Å². The SMILES string of the molecule is CC(C)(C)[C@@H]1OCCC[C@H]1CNC(=O)Cc1ccccc1O. The lowest BCUT2D eigenvalue weighted by Gasteiger charge is -2.40. The highest BCUT2D eigenvalue weighted by Gasteiger charge is 2.35. The van der Waals surface area contributed by atoms with Gasteiger partial charge < -0.3 is 15.2 Å². The van der Waals surface area contributed by atoms with Crippen LogP contribution >= 0.6 is 0 Å². The number of amides is 1. The van der Waals surface area contributed by atoms with Crippen molar-refractivity contribution < 1.29 is 14.6 Å². The lowest BCUT2D eigenvalue weighted by atomic mass is 9.78. The van der Waals surface area contributed by atoms with Crippen LogP contribution in [0.2, 0.25) is 0 Å². The van der Waals surface area contributed by atoms with Crippen molar-refractivity contribution in [3.8, 4) is 5.75 Å². The summed E-state index contributed by atoms with van der Waals surface area (Å²) in [6.45, 7) is 7.98. The number of carbonyl (C=O) groups excluding carboxylic acids is 1. The first-order chi connectivity index (χ1) is 10.4. The first-order valence-corrected chi connectivity index (χ1v) is 8.03. The number of hydrogen-bond donors (Lipinski definition) is 2. The van der Waals surface area contributed by atoms with E-state index >= 15 is 0 Å². The summed E-state index contributed by atoms with van der Waals surface area (Å²) >= 11 is 0. The molecule has 1 aliphatic rings. The highest BCUT2D eigenvalue weighted by atomic mass is 16.5. The molecule has 1 saturated heterocycles. The summed E-state index contributed by atoms with van der Waals surface area (Å²) in [5, 5.41) is 12.7. The van der Waals surface area contributed by atoms with Gasteiger partial charge in [-0.15, -0.1) is 0 Å². The van der Waals surface area contributed by atoms with E-state index < -0.39 is 0 Å². The number of aromatic hydroxyl groups is 1. The Morgan fingerprint density at radius 2 is 2.09 bits per heavy atom. The van der Waals surface area contributed by atoms with Gasteiger partial charge in [-0.05, 0) is 24.3 Å². The van der Waals surface area contributed by atoms with Gasteiger partial charge in [0.25, 0.3) is 0 Å². The van der Waals surface area contributed by atoms with Crippen LogP contribution in [0.25, 0.3) is 0 Å². The summed E-state index contributed by atoms with van der Waals surface area (Å²) in [6, 6.07) is 6.96. The summed E-state index contributed by atoms with van der Waals surface area (Å²) in [6.07, 6.45) is 2.51. The van der Waals surface area contributed by atoms with Gasteiger partial charge >= 0.3 is 0 Å². The van der Waals surface area contributed by atoms with Crippen LogP contribution in [-0.2, 0) is 16.0 Å². The van der Waals surface area contributed by atoms with Crippen LogP contribution < -0.4 is 5.32 Å². The first-order valence-electron chi connectivity index (χ1n) is 8.03. The molecule has 1 fully saturated rings. The molecule has 1 aromatic rings. The van der Waals surface area contributed by atoms with E-state index in [9.17, 15) is 9.90 Å². The van der Waals surface area contributed by atoms with Crippen LogP contribution in [0.15, 0.2) is 24.3 Å². The maximum absolute atomic E-state index is 12.1. The molecule has 1 heterocycles. The Morgan fingerprint density at radius 1 is 1.36 bits per heavy atom. The molecule has 0 spiro atoms. The van der Waals surface area contributed by atoms with Crippen LogP contribution in [0.3, 0.4) is 0 Å². The van der Waals surface area contributed by atoms with Gasteiger partial charge in [-0.3, -0.25) is 4.79 Å². The van der Waals surface area contributed by atoms with Gasteiger partial charge in [0, 0.05) is 24.6 Å². The topological polar surface area (TPSA) is 58.6 Å². The molecular weight excluding hydrogens is 278 g/mol. The second-order valence-electron chi connectivity index (χ2n) is 7.17. The summed E-state index contributed by atoms with van der Waals surface area (Å²) in [5.74, 6) is 0.466. The number of nitrogens with one attached hydrogen (secondary N) is 1. The summed E-state index contributed by atoms with van der Waals surface area (Å²) in [7, 11) is 0. The minimum absolute atomic E-state index is 0.0558. The Morgan fingerprint density at radius 3 is 2.77 bits per heavy atom. The molecule has 0 bridgehead atoms. The molecule has 4 heteroatoms. The number of hydrogen-bond acceptors (Lipinski definition) is 3. The molecule has 0 saturated carbocycles. The molecule has 1 aromatic carbocycles. The van der Waals surface area contributed by atoms with Crippen LogP contribution in [-0.4, -0.2) is 30.3 Å². The molecule has 122 valence electrons. The first kappa shape index (κ1) is 16.8. The number of para-hydroxylation sites is 1. The highest BCUT2D eigenvalue weighted by Crippen LogP contribution is 2.33. The summed E-state index contributed by atoms with van der Waals surface area (Å²) in [4.78, 5) is 12.1. The summed E-state index contributed by atoms with van der Waals surface area (Å²) in [5.41, 5.74) is 0.736. The highest BCUT2D eigenvalue weighted by molar-refractivity contribution is 5.79. The Kier molecular flexibility index (Phi) is 5.46. The van der Waals surface area contributed by atoms with Gasteiger partial charge in [-0.1, -0.05) is 39.0 Å². The van der Waals surface area contributed by atoms with Crippen LogP contribution in [0, 0.1) is 11.3 Å². The van der Waals surface area contributed by atoms with Crippen LogP contribution in [0.5, 0.6) is 5.75 Å². The number of benzene rings is 1. The molecule has 2 rings (SSSR count). The normalized spacial score (nSPS) is 22.3. The van der Waals surface area contributed by atoms with Crippen molar-refractivity contribution in [1.82, 2.24) is 5.32 Å². The average molecular weight is 305 g/mol. The lowest BCUT2D eigenvalue weighted by Crippen LogP contribution is -2.45. The molecule has 1 amide bonds. The predicted molar refractivity (Wildman–Crippen MR) is 86.7 cm³/mol. The Hall–Kier alpha value is -1.55. The van der Waals surface area contributed by atoms with E-state index in [0.717, 1.165) is 19.4 Å². The number of phenols is 1. The van der Waals surface area contributed by atoms with Gasteiger partial charge in [-0.2, -0.15) is 0 Å². The van der Waals surface area contributed by atoms with Crippen molar-refractivity contribution in [2.75, 3.05) is 13.2 Å². The van der Waals surface area contributed by atoms with Gasteiger partial charge in [0.1, 0.15) is 5.75 Å². The monoisotopic (exact) mass is 305 g/mol. The van der Waals surface area contributed by atoms with Gasteiger partial charge in [0.15, 0.2) is 0 Å². The molecule has 0 radical (unpaired) electrons. The van der Waals surface area contributed by atoms with Gasteiger partial charge in [0.05, 0.1) is 12.5 Å². The molecule has 22 heavy (non-hydrogen) atoms. The zero-order valence-corrected chi connectivity index (χ0v) is 13.8. The third-order valence-corrected chi connectivity index (χ3v) is 4.20. The maximum Gasteiger partial charge on any atom is 0.224 e. The van der Waals surface area contributed by atoms with Gasteiger partial charge in [0.2, 0.25) is 5.91 Å². The van der Waals surface area contributed by atoms with Crippen molar-refractivity contribution in [2.45, 2.75) is 46.1 Å². The minimum Gasteiger partial charge on any atom is -0.508 e. The quantitative estimate of drug-likeness (QED) is 0.899. The third kappa shape index (κ3) is 4.47. The largest absolute Gasteiger partial charge is 0.508 e. The Labute approximate surface area is 132 Å². The molecule has 0 aromatic heterocycles. The average Bonchev–Trinajstić information content (AvgIpc) is 2.47. The fourth-order valence-electron chi connectivity index (χ4n) is 3.15. The van der Waals surface area contributed by atoms with E-state index in [0.29, 0.717) is 18.0 Å². The number of ether oxygens (including phenoxy) is 1. The van der Waals surface area contributed by atoms with Crippen molar-refractivity contribution in [3.63, 3.8) is 0 Å². The fraction of sp³-hybridized carbons (Fsp3) is 0.611. The molecule has 0 unspecified atom stereocenters. The second kappa shape index (κ2) is 7.14. The smallest absolute Gasteiger partial charge is 0.224 e. The van der Waals surface area contributed by atoms with E-state index in [-0.39, 0.29) is 29.6 Å². The van der Waals surface area contributed by atoms with Crippen molar-refractivity contribution in [3.05, 3.63) is 29.8 Å². The van der Waals surface area contributed by atoms with E-state index in [1.807, 2.05) is 6.07 Å². The molecule has 2 atom stereocenters. The molecule has 4 nitrogen and oxygen atoms in total. The lowest BCUT2D eigenvalue weighted by molar-refractivity contribution is -0.122. The van der Waals surface area contributed by atoms with Crippen molar-refractivity contribution in [1.29, 1.82) is 0 Å². The van der Waals surface area contributed by atoms with E-state index in [1.54, 1.807) is 18.2 Å². The van der Waals surface area contributed by atoms with Crippen LogP contribution in [0.4, 0.5) is 0 Å². The number of carbonyl (C=O) groups is 1. The predicted octanol–water partition coefficient (Wildman–Crippen LogP) is 2.89.